The van der Waals surface area contributed by atoms with Crippen molar-refractivity contribution in [1.82, 2.24) is 4.90 Å². The van der Waals surface area contributed by atoms with Crippen LogP contribution in [0, 0.1) is 0 Å². The number of amides is 1. The molecule has 0 fully saturated rings. The molecule has 1 rings (SSSR count). The molecule has 0 aromatic rings. The molecule has 60 valence electrons. The second-order valence-corrected chi connectivity index (χ2v) is 2.54. The zero-order chi connectivity index (χ0) is 8.59. The minimum Gasteiger partial charge on any atom is -0.446 e. The van der Waals surface area contributed by atoms with Crippen LogP contribution in [-0.4, -0.2) is 17.9 Å². The van der Waals surface area contributed by atoms with Crippen LogP contribution in [0.3, 0.4) is 0 Å². The number of likely N-dealkylation sites (N-methyl/N-ethyl adjacent to an activating group) is 1. The number of hydrogen-bond acceptors (Lipinski definition) is 2. The van der Waals surface area contributed by atoms with Crippen molar-refractivity contribution in [2.75, 3.05) is 7.05 Å². The van der Waals surface area contributed by atoms with Crippen LogP contribution in [0.5, 0.6) is 0 Å². The third-order valence-electron chi connectivity index (χ3n) is 1.80. The normalized spacial score (nSPS) is 19.0. The van der Waals surface area contributed by atoms with Crippen LogP contribution in [0.2, 0.25) is 0 Å². The lowest BCUT2D eigenvalue weighted by molar-refractivity contribution is -0.127. The summed E-state index contributed by atoms with van der Waals surface area (Å²) in [6.45, 7) is 7.07. The van der Waals surface area contributed by atoms with Gasteiger partial charge in [-0.1, -0.05) is 0 Å². The quantitative estimate of drug-likeness (QED) is 0.524. The van der Waals surface area contributed by atoms with Crippen molar-refractivity contribution >= 4 is 5.91 Å². The van der Waals surface area contributed by atoms with Crippen molar-refractivity contribution in [3.8, 4) is 0 Å². The Morgan fingerprint density at radius 1 is 1.45 bits per heavy atom. The molecule has 0 unspecified atom stereocenters. The molecule has 0 spiro atoms. The topological polar surface area (TPSA) is 29.5 Å². The molecule has 3 nitrogen and oxygen atoms in total. The van der Waals surface area contributed by atoms with E-state index in [0.717, 1.165) is 0 Å². The van der Waals surface area contributed by atoms with Crippen LogP contribution < -0.4 is 0 Å². The first-order chi connectivity index (χ1) is 5.04. The minimum atomic E-state index is -0.0428. The minimum absolute atomic E-state index is 0.0428. The summed E-state index contributed by atoms with van der Waals surface area (Å²) in [5.41, 5.74) is 0.639. The van der Waals surface area contributed by atoms with Gasteiger partial charge in [-0.3, -0.25) is 9.69 Å². The van der Waals surface area contributed by atoms with E-state index in [1.807, 2.05) is 0 Å². The first kappa shape index (κ1) is 7.85. The van der Waals surface area contributed by atoms with Gasteiger partial charge in [0.15, 0.2) is 5.88 Å². The molecule has 0 aliphatic carbocycles. The van der Waals surface area contributed by atoms with Crippen molar-refractivity contribution in [3.05, 3.63) is 23.8 Å². The molecule has 0 saturated carbocycles. The maximum atomic E-state index is 11.3. The molecule has 1 aliphatic heterocycles. The Morgan fingerprint density at radius 2 is 2.00 bits per heavy atom. The number of ether oxygens (including phenoxy) is 1. The molecule has 0 bridgehead atoms. The maximum Gasteiger partial charge on any atom is 0.259 e. The molecule has 0 aromatic heterocycles. The van der Waals surface area contributed by atoms with Crippen molar-refractivity contribution in [2.24, 2.45) is 0 Å². The second-order valence-electron chi connectivity index (χ2n) is 2.54. The van der Waals surface area contributed by atoms with E-state index in [4.69, 9.17) is 4.74 Å². The summed E-state index contributed by atoms with van der Waals surface area (Å²) in [5.74, 6) is 0.981. The van der Waals surface area contributed by atoms with Gasteiger partial charge in [-0.2, -0.15) is 0 Å². The van der Waals surface area contributed by atoms with E-state index in [1.54, 1.807) is 20.9 Å². The number of allylic oxidation sites excluding steroid dienone is 1. The molecule has 0 radical (unpaired) electrons. The molecule has 11 heavy (non-hydrogen) atoms. The number of carbonyl (C=O) groups is 1. The molecule has 0 atom stereocenters. The van der Waals surface area contributed by atoms with Crippen LogP contribution >= 0.6 is 0 Å². The predicted octanol–water partition coefficient (Wildman–Crippen LogP) is 1.24. The molecule has 0 N–H and O–H groups in total. The summed E-state index contributed by atoms with van der Waals surface area (Å²) < 4.78 is 5.17. The zero-order valence-corrected chi connectivity index (χ0v) is 6.97. The Hall–Kier alpha value is -1.25. The van der Waals surface area contributed by atoms with Gasteiger partial charge in [-0.25, -0.2) is 0 Å². The van der Waals surface area contributed by atoms with Gasteiger partial charge in [0.25, 0.3) is 5.91 Å². The summed E-state index contributed by atoms with van der Waals surface area (Å²) in [6.07, 6.45) is 0. The predicted molar refractivity (Wildman–Crippen MR) is 41.4 cm³/mol. The van der Waals surface area contributed by atoms with E-state index in [0.29, 0.717) is 17.2 Å². The highest BCUT2D eigenvalue weighted by molar-refractivity contribution is 5.94. The molecule has 0 saturated heterocycles. The molecular weight excluding hydrogens is 142 g/mol. The molecule has 0 aromatic carbocycles. The molecule has 1 heterocycles. The fourth-order valence-electron chi connectivity index (χ4n) is 0.837. The fourth-order valence-corrected chi connectivity index (χ4v) is 0.837. The first-order valence-corrected chi connectivity index (χ1v) is 3.36. The lowest BCUT2D eigenvalue weighted by Crippen LogP contribution is -2.31. The fraction of sp³-hybridized carbons (Fsp3) is 0.375. The Labute approximate surface area is 65.9 Å². The Bertz CT molecular complexity index is 253. The highest BCUT2D eigenvalue weighted by Gasteiger charge is 2.22. The lowest BCUT2D eigenvalue weighted by atomic mass is 10.2. The van der Waals surface area contributed by atoms with Gasteiger partial charge in [-0.15, -0.1) is 0 Å². The van der Waals surface area contributed by atoms with Gasteiger partial charge < -0.3 is 4.74 Å². The third-order valence-corrected chi connectivity index (χ3v) is 1.80. The van der Waals surface area contributed by atoms with E-state index < -0.39 is 0 Å². The number of nitrogens with zero attached hydrogens (tertiary/aromatic N) is 1. The SMILES string of the molecule is C=C1OC(C)=C(C)C(=O)N1C. The monoisotopic (exact) mass is 153 g/mol. The Kier molecular flexibility index (Phi) is 1.72. The van der Waals surface area contributed by atoms with Gasteiger partial charge in [0.1, 0.15) is 5.76 Å². The van der Waals surface area contributed by atoms with Crippen LogP contribution in [0.15, 0.2) is 23.8 Å². The van der Waals surface area contributed by atoms with Gasteiger partial charge in [0, 0.05) is 7.05 Å². The van der Waals surface area contributed by atoms with Crippen molar-refractivity contribution in [2.45, 2.75) is 13.8 Å². The highest BCUT2D eigenvalue weighted by atomic mass is 16.5. The third kappa shape index (κ3) is 1.13. The summed E-state index contributed by atoms with van der Waals surface area (Å²) in [7, 11) is 1.64. The van der Waals surface area contributed by atoms with E-state index in [9.17, 15) is 4.79 Å². The average molecular weight is 153 g/mol. The summed E-state index contributed by atoms with van der Waals surface area (Å²) in [6, 6.07) is 0. The molecule has 1 amide bonds. The molecule has 3 heteroatoms. The Morgan fingerprint density at radius 3 is 2.55 bits per heavy atom. The highest BCUT2D eigenvalue weighted by Crippen LogP contribution is 2.20. The second kappa shape index (κ2) is 2.42. The van der Waals surface area contributed by atoms with Crippen LogP contribution in [0.4, 0.5) is 0 Å². The van der Waals surface area contributed by atoms with Crippen LogP contribution in [-0.2, 0) is 9.53 Å². The lowest BCUT2D eigenvalue weighted by Gasteiger charge is -2.26. The number of carbonyl (C=O) groups excluding carboxylic acids is 1. The number of rotatable bonds is 0. The van der Waals surface area contributed by atoms with E-state index >= 15 is 0 Å². The first-order valence-electron chi connectivity index (χ1n) is 3.36. The van der Waals surface area contributed by atoms with Gasteiger partial charge in [-0.05, 0) is 20.4 Å². The zero-order valence-electron chi connectivity index (χ0n) is 6.97. The van der Waals surface area contributed by atoms with Crippen molar-refractivity contribution in [3.63, 3.8) is 0 Å². The largest absolute Gasteiger partial charge is 0.446 e. The van der Waals surface area contributed by atoms with Gasteiger partial charge >= 0.3 is 0 Å². The van der Waals surface area contributed by atoms with Crippen molar-refractivity contribution in [1.29, 1.82) is 0 Å². The maximum absolute atomic E-state index is 11.3. The van der Waals surface area contributed by atoms with Gasteiger partial charge in [0.05, 0.1) is 5.57 Å². The van der Waals surface area contributed by atoms with E-state index in [1.165, 1.54) is 4.90 Å². The van der Waals surface area contributed by atoms with Crippen LogP contribution in [0.1, 0.15) is 13.8 Å². The summed E-state index contributed by atoms with van der Waals surface area (Å²) in [4.78, 5) is 12.7. The standard InChI is InChI=1S/C8H11NO2/c1-5-6(2)11-7(3)9(4)8(5)10/h3H2,1-2,4H3. The average Bonchev–Trinajstić information content (AvgIpc) is 1.97. The van der Waals surface area contributed by atoms with Crippen LogP contribution in [0.25, 0.3) is 0 Å². The summed E-state index contributed by atoms with van der Waals surface area (Å²) >= 11 is 0. The van der Waals surface area contributed by atoms with Gasteiger partial charge in [0.2, 0.25) is 0 Å². The Balaban J connectivity index is 3.04. The van der Waals surface area contributed by atoms with E-state index in [-0.39, 0.29) is 5.91 Å². The molecular formula is C8H11NO2. The summed E-state index contributed by atoms with van der Waals surface area (Å²) in [5, 5.41) is 0. The number of hydrogen-bond donors (Lipinski definition) is 0. The van der Waals surface area contributed by atoms with E-state index in [2.05, 4.69) is 6.58 Å². The molecule has 1 aliphatic rings. The smallest absolute Gasteiger partial charge is 0.259 e. The van der Waals surface area contributed by atoms with Crippen molar-refractivity contribution < 1.29 is 9.53 Å².